The lowest BCUT2D eigenvalue weighted by molar-refractivity contribution is 0.0938. The van der Waals surface area contributed by atoms with Crippen LogP contribution in [0, 0.1) is 0 Å². The third-order valence-corrected chi connectivity index (χ3v) is 4.18. The summed E-state index contributed by atoms with van der Waals surface area (Å²) in [5.41, 5.74) is 2.37. The minimum atomic E-state index is -0.240. The second-order valence-corrected chi connectivity index (χ2v) is 6.05. The van der Waals surface area contributed by atoms with Crippen LogP contribution in [0.15, 0.2) is 42.5 Å². The maximum absolute atomic E-state index is 12.6. The maximum atomic E-state index is 12.6. The van der Waals surface area contributed by atoms with Gasteiger partial charge in [0.25, 0.3) is 5.91 Å². The topological polar surface area (TPSA) is 76.2 Å². The van der Waals surface area contributed by atoms with Crippen LogP contribution in [0.2, 0.25) is 0 Å². The first-order valence-corrected chi connectivity index (χ1v) is 8.36. The van der Waals surface area contributed by atoms with Gasteiger partial charge in [-0.15, -0.1) is 0 Å². The van der Waals surface area contributed by atoms with Gasteiger partial charge in [0.05, 0.1) is 30.3 Å². The molecule has 2 aromatic carbocycles. The van der Waals surface area contributed by atoms with Gasteiger partial charge in [0.2, 0.25) is 0 Å². The molecular formula is C19H19N3O3. The van der Waals surface area contributed by atoms with Crippen LogP contribution in [0.25, 0.3) is 11.0 Å². The number of amides is 1. The quantitative estimate of drug-likeness (QED) is 0.769. The van der Waals surface area contributed by atoms with E-state index in [4.69, 9.17) is 9.47 Å². The van der Waals surface area contributed by atoms with Crippen LogP contribution in [0.3, 0.4) is 0 Å². The van der Waals surface area contributed by atoms with Gasteiger partial charge in [0, 0.05) is 12.0 Å². The number of H-pyrrole nitrogens is 1. The molecule has 0 saturated carbocycles. The van der Waals surface area contributed by atoms with E-state index in [0.29, 0.717) is 30.3 Å². The van der Waals surface area contributed by atoms with Crippen LogP contribution in [0.1, 0.15) is 35.6 Å². The second-order valence-electron chi connectivity index (χ2n) is 6.05. The Bertz CT molecular complexity index is 886. The zero-order chi connectivity index (χ0) is 17.2. The Hall–Kier alpha value is -3.02. The minimum absolute atomic E-state index is 0.177. The molecule has 0 aliphatic carbocycles. The highest BCUT2D eigenvalue weighted by Crippen LogP contribution is 2.30. The van der Waals surface area contributed by atoms with Gasteiger partial charge in [-0.1, -0.05) is 12.1 Å². The normalized spacial score (nSPS) is 14.8. The van der Waals surface area contributed by atoms with Crippen LogP contribution in [0.5, 0.6) is 11.5 Å². The molecule has 1 aliphatic rings. The van der Waals surface area contributed by atoms with Gasteiger partial charge < -0.3 is 19.8 Å². The van der Waals surface area contributed by atoms with Gasteiger partial charge in [-0.25, -0.2) is 4.98 Å². The Balaban J connectivity index is 1.52. The molecule has 0 fully saturated rings. The number of benzene rings is 2. The largest absolute Gasteiger partial charge is 0.490 e. The highest BCUT2D eigenvalue weighted by atomic mass is 16.5. The number of fused-ring (bicyclic) bond motifs is 2. The number of hydrogen-bond acceptors (Lipinski definition) is 4. The Morgan fingerprint density at radius 1 is 1.16 bits per heavy atom. The van der Waals surface area contributed by atoms with E-state index in [0.717, 1.165) is 23.3 Å². The van der Waals surface area contributed by atoms with Crippen LogP contribution >= 0.6 is 0 Å². The third-order valence-electron chi connectivity index (χ3n) is 4.18. The standard InChI is InChI=1S/C19H19N3O3/c1-12(18-21-14-5-2-3-6-15(14)22-18)20-19(23)13-7-8-16-17(11-13)25-10-4-9-24-16/h2-3,5-8,11-12H,4,9-10H2,1H3,(H,20,23)(H,21,22). The van der Waals surface area contributed by atoms with E-state index in [2.05, 4.69) is 15.3 Å². The van der Waals surface area contributed by atoms with E-state index in [9.17, 15) is 4.79 Å². The van der Waals surface area contributed by atoms with E-state index in [1.54, 1.807) is 18.2 Å². The van der Waals surface area contributed by atoms with Crippen molar-refractivity contribution < 1.29 is 14.3 Å². The summed E-state index contributed by atoms with van der Waals surface area (Å²) in [6.45, 7) is 3.12. The molecule has 25 heavy (non-hydrogen) atoms. The lowest BCUT2D eigenvalue weighted by Crippen LogP contribution is -2.27. The minimum Gasteiger partial charge on any atom is -0.490 e. The van der Waals surface area contributed by atoms with Gasteiger partial charge in [-0.05, 0) is 37.3 Å². The molecule has 1 aromatic heterocycles. The average molecular weight is 337 g/mol. The predicted molar refractivity (Wildman–Crippen MR) is 94.0 cm³/mol. The monoisotopic (exact) mass is 337 g/mol. The zero-order valence-electron chi connectivity index (χ0n) is 13.9. The number of para-hydroxylation sites is 2. The van der Waals surface area contributed by atoms with E-state index < -0.39 is 0 Å². The zero-order valence-corrected chi connectivity index (χ0v) is 13.9. The summed E-state index contributed by atoms with van der Waals surface area (Å²) in [4.78, 5) is 20.3. The molecule has 0 radical (unpaired) electrons. The van der Waals surface area contributed by atoms with Crippen molar-refractivity contribution >= 4 is 16.9 Å². The van der Waals surface area contributed by atoms with E-state index in [-0.39, 0.29) is 11.9 Å². The van der Waals surface area contributed by atoms with Crippen molar-refractivity contribution in [3.05, 3.63) is 53.9 Å². The Labute approximate surface area is 145 Å². The molecule has 0 bridgehead atoms. The number of aromatic amines is 1. The molecule has 2 heterocycles. The molecular weight excluding hydrogens is 318 g/mol. The number of imidazole rings is 1. The molecule has 0 spiro atoms. The molecule has 4 rings (SSSR count). The van der Waals surface area contributed by atoms with Crippen LogP contribution in [-0.2, 0) is 0 Å². The molecule has 2 N–H and O–H groups in total. The first-order valence-electron chi connectivity index (χ1n) is 8.36. The predicted octanol–water partition coefficient (Wildman–Crippen LogP) is 3.22. The lowest BCUT2D eigenvalue weighted by Gasteiger charge is -2.13. The number of carbonyl (C=O) groups is 1. The van der Waals surface area contributed by atoms with Gasteiger partial charge in [-0.2, -0.15) is 0 Å². The van der Waals surface area contributed by atoms with Crippen LogP contribution in [-0.4, -0.2) is 29.1 Å². The highest BCUT2D eigenvalue weighted by Gasteiger charge is 2.17. The summed E-state index contributed by atoms with van der Waals surface area (Å²) in [5, 5.41) is 2.97. The van der Waals surface area contributed by atoms with Crippen molar-refractivity contribution in [3.63, 3.8) is 0 Å². The van der Waals surface area contributed by atoms with E-state index in [1.165, 1.54) is 0 Å². The lowest BCUT2D eigenvalue weighted by atomic mass is 10.1. The summed E-state index contributed by atoms with van der Waals surface area (Å²) in [5.74, 6) is 1.84. The van der Waals surface area contributed by atoms with Gasteiger partial charge in [0.15, 0.2) is 11.5 Å². The van der Waals surface area contributed by atoms with Gasteiger partial charge >= 0.3 is 0 Å². The summed E-state index contributed by atoms with van der Waals surface area (Å²) >= 11 is 0. The smallest absolute Gasteiger partial charge is 0.251 e. The molecule has 128 valence electrons. The molecule has 1 atom stereocenters. The Morgan fingerprint density at radius 2 is 1.96 bits per heavy atom. The van der Waals surface area contributed by atoms with E-state index in [1.807, 2.05) is 31.2 Å². The SMILES string of the molecule is CC(NC(=O)c1ccc2c(c1)OCCCO2)c1nc2ccccc2[nH]1. The van der Waals surface area contributed by atoms with Crippen LogP contribution < -0.4 is 14.8 Å². The molecule has 1 aliphatic heterocycles. The number of hydrogen-bond donors (Lipinski definition) is 2. The number of rotatable bonds is 3. The van der Waals surface area contributed by atoms with E-state index >= 15 is 0 Å². The average Bonchev–Trinajstić information content (AvgIpc) is 2.92. The van der Waals surface area contributed by atoms with Crippen LogP contribution in [0.4, 0.5) is 0 Å². The summed E-state index contributed by atoms with van der Waals surface area (Å²) in [7, 11) is 0. The fourth-order valence-corrected chi connectivity index (χ4v) is 2.83. The van der Waals surface area contributed by atoms with Crippen molar-refractivity contribution in [2.24, 2.45) is 0 Å². The number of nitrogens with one attached hydrogen (secondary N) is 2. The molecule has 1 amide bonds. The highest BCUT2D eigenvalue weighted by molar-refractivity contribution is 5.95. The van der Waals surface area contributed by atoms with Gasteiger partial charge in [0.1, 0.15) is 5.82 Å². The van der Waals surface area contributed by atoms with Gasteiger partial charge in [-0.3, -0.25) is 4.79 Å². The fourth-order valence-electron chi connectivity index (χ4n) is 2.83. The summed E-state index contributed by atoms with van der Waals surface area (Å²) < 4.78 is 11.2. The Kier molecular flexibility index (Phi) is 4.01. The van der Waals surface area contributed by atoms with Crippen molar-refractivity contribution in [2.75, 3.05) is 13.2 Å². The number of ether oxygens (including phenoxy) is 2. The third kappa shape index (κ3) is 3.15. The Morgan fingerprint density at radius 3 is 2.80 bits per heavy atom. The van der Waals surface area contributed by atoms with Crippen molar-refractivity contribution in [2.45, 2.75) is 19.4 Å². The van der Waals surface area contributed by atoms with Crippen molar-refractivity contribution in [3.8, 4) is 11.5 Å². The summed E-state index contributed by atoms with van der Waals surface area (Å²) in [6, 6.07) is 12.8. The number of carbonyl (C=O) groups excluding carboxylic acids is 1. The first-order chi connectivity index (χ1) is 12.2. The molecule has 0 saturated heterocycles. The van der Waals surface area contributed by atoms with Crippen molar-refractivity contribution in [1.29, 1.82) is 0 Å². The number of aromatic nitrogens is 2. The molecule has 1 unspecified atom stereocenters. The first kappa shape index (κ1) is 15.5. The number of nitrogens with zero attached hydrogens (tertiary/aromatic N) is 1. The molecule has 6 nitrogen and oxygen atoms in total. The summed E-state index contributed by atoms with van der Waals surface area (Å²) in [6.07, 6.45) is 0.833. The molecule has 6 heteroatoms. The maximum Gasteiger partial charge on any atom is 0.251 e. The molecule has 3 aromatic rings. The van der Waals surface area contributed by atoms with Crippen molar-refractivity contribution in [1.82, 2.24) is 15.3 Å². The fraction of sp³-hybridized carbons (Fsp3) is 0.263. The second kappa shape index (κ2) is 6.47.